The fraction of sp³-hybridized carbons (Fsp3) is 0.609. The number of rotatable bonds is 7. The molecule has 1 amide bonds. The summed E-state index contributed by atoms with van der Waals surface area (Å²) in [4.78, 5) is 12.6. The Morgan fingerprint density at radius 3 is 2.52 bits per heavy atom. The lowest BCUT2D eigenvalue weighted by Gasteiger charge is -2.26. The predicted octanol–water partition coefficient (Wildman–Crippen LogP) is 4.48. The summed E-state index contributed by atoms with van der Waals surface area (Å²) in [5.74, 6) is 2.02. The number of aliphatic hydroxyl groups excluding tert-OH is 1. The van der Waals surface area contributed by atoms with Gasteiger partial charge in [-0.15, -0.1) is 6.58 Å². The summed E-state index contributed by atoms with van der Waals surface area (Å²) >= 11 is 0. The quantitative estimate of drug-likeness (QED) is 0.695. The molecule has 0 heterocycles. The second-order valence-corrected chi connectivity index (χ2v) is 8.16. The number of carbonyl (C=O) groups excluding carboxylic acids is 1. The number of amides is 1. The number of hydrogen-bond acceptors (Lipinski definition) is 3. The Balaban J connectivity index is 1.53. The third-order valence-electron chi connectivity index (χ3n) is 6.28. The van der Waals surface area contributed by atoms with Crippen LogP contribution in [0, 0.1) is 11.8 Å². The molecule has 3 unspecified atom stereocenters. The number of hydrogen-bond donors (Lipinski definition) is 2. The van der Waals surface area contributed by atoms with Crippen LogP contribution in [0.25, 0.3) is 0 Å². The summed E-state index contributed by atoms with van der Waals surface area (Å²) in [6.07, 6.45) is 10.0. The van der Waals surface area contributed by atoms with E-state index in [1.165, 1.54) is 25.7 Å². The van der Waals surface area contributed by atoms with Crippen molar-refractivity contribution in [2.24, 2.45) is 11.8 Å². The molecule has 2 aliphatic carbocycles. The Hall–Kier alpha value is -1.81. The summed E-state index contributed by atoms with van der Waals surface area (Å²) < 4.78 is 5.99. The lowest BCUT2D eigenvalue weighted by molar-refractivity contribution is 0.0665. The highest BCUT2D eigenvalue weighted by atomic mass is 16.5. The second-order valence-electron chi connectivity index (χ2n) is 8.16. The van der Waals surface area contributed by atoms with Crippen LogP contribution < -0.4 is 10.1 Å². The first-order valence-corrected chi connectivity index (χ1v) is 10.5. The zero-order chi connectivity index (χ0) is 19.2. The Morgan fingerprint density at radius 2 is 1.93 bits per heavy atom. The van der Waals surface area contributed by atoms with Crippen molar-refractivity contribution in [1.82, 2.24) is 5.32 Å². The molecule has 2 N–H and O–H groups in total. The average Bonchev–Trinajstić information content (AvgIpc) is 3.17. The molecule has 0 aliphatic heterocycles. The molecule has 0 saturated heterocycles. The highest BCUT2D eigenvalue weighted by Gasteiger charge is 2.29. The lowest BCUT2D eigenvalue weighted by Crippen LogP contribution is -2.38. The maximum Gasteiger partial charge on any atom is 0.251 e. The summed E-state index contributed by atoms with van der Waals surface area (Å²) in [5.41, 5.74) is 0.651. The predicted molar refractivity (Wildman–Crippen MR) is 108 cm³/mol. The molecule has 148 valence electrons. The van der Waals surface area contributed by atoms with Crippen molar-refractivity contribution in [2.45, 2.75) is 76.5 Å². The van der Waals surface area contributed by atoms with Crippen molar-refractivity contribution in [3.05, 3.63) is 42.5 Å². The molecule has 2 fully saturated rings. The van der Waals surface area contributed by atoms with Crippen molar-refractivity contribution in [3.63, 3.8) is 0 Å². The van der Waals surface area contributed by atoms with Crippen LogP contribution >= 0.6 is 0 Å². The van der Waals surface area contributed by atoms with Crippen LogP contribution in [0.15, 0.2) is 36.9 Å². The van der Waals surface area contributed by atoms with Crippen LogP contribution in [0.2, 0.25) is 0 Å². The van der Waals surface area contributed by atoms with Gasteiger partial charge in [0.15, 0.2) is 0 Å². The molecule has 1 aromatic rings. The van der Waals surface area contributed by atoms with Gasteiger partial charge in [-0.25, -0.2) is 0 Å². The molecule has 0 bridgehead atoms. The van der Waals surface area contributed by atoms with Crippen molar-refractivity contribution >= 4 is 5.91 Å². The van der Waals surface area contributed by atoms with E-state index in [1.54, 1.807) is 0 Å². The Morgan fingerprint density at radius 1 is 1.22 bits per heavy atom. The van der Waals surface area contributed by atoms with Gasteiger partial charge in [-0.2, -0.15) is 0 Å². The van der Waals surface area contributed by atoms with Crippen molar-refractivity contribution in [2.75, 3.05) is 0 Å². The standard InChI is InChI=1S/C23H33NO3/c1-3-16-5-6-18(15-16)22(4-2)24-23(26)17-7-11-20(12-8-17)27-21-13-9-19(25)10-14-21/h4,7-8,11-12,16,18-19,21-22,25H,2-3,5-6,9-10,13-15H2,1H3,(H,24,26). The molecule has 2 aliphatic rings. The average molecular weight is 372 g/mol. The van der Waals surface area contributed by atoms with Crippen LogP contribution in [-0.4, -0.2) is 29.3 Å². The molecule has 3 rings (SSSR count). The van der Waals surface area contributed by atoms with E-state index in [0.717, 1.165) is 37.4 Å². The molecule has 0 radical (unpaired) electrons. The minimum Gasteiger partial charge on any atom is -0.490 e. The molecule has 4 nitrogen and oxygen atoms in total. The molecule has 2 saturated carbocycles. The van der Waals surface area contributed by atoms with Gasteiger partial charge in [-0.1, -0.05) is 25.8 Å². The van der Waals surface area contributed by atoms with Gasteiger partial charge in [-0.05, 0) is 74.6 Å². The first-order valence-electron chi connectivity index (χ1n) is 10.5. The second kappa shape index (κ2) is 9.41. The fourth-order valence-electron chi connectivity index (χ4n) is 4.45. The smallest absolute Gasteiger partial charge is 0.251 e. The van der Waals surface area contributed by atoms with Gasteiger partial charge in [-0.3, -0.25) is 4.79 Å². The van der Waals surface area contributed by atoms with Crippen molar-refractivity contribution in [1.29, 1.82) is 0 Å². The van der Waals surface area contributed by atoms with E-state index < -0.39 is 0 Å². The molecule has 4 heteroatoms. The van der Waals surface area contributed by atoms with Gasteiger partial charge < -0.3 is 15.2 Å². The zero-order valence-electron chi connectivity index (χ0n) is 16.4. The molecular formula is C23H33NO3. The third-order valence-corrected chi connectivity index (χ3v) is 6.28. The minimum absolute atomic E-state index is 0.0404. The Labute approximate surface area is 163 Å². The maximum atomic E-state index is 12.6. The number of ether oxygens (including phenoxy) is 1. The maximum absolute atomic E-state index is 12.6. The first-order chi connectivity index (χ1) is 13.1. The highest BCUT2D eigenvalue weighted by Crippen LogP contribution is 2.35. The van der Waals surface area contributed by atoms with Crippen molar-refractivity contribution in [3.8, 4) is 5.75 Å². The molecule has 1 aromatic carbocycles. The SMILES string of the molecule is C=CC(NC(=O)c1ccc(OC2CCC(O)CC2)cc1)C1CCC(CC)C1. The number of benzene rings is 1. The van der Waals surface area contributed by atoms with Crippen LogP contribution in [-0.2, 0) is 0 Å². The normalized spacial score (nSPS) is 29.1. The third kappa shape index (κ3) is 5.35. The monoisotopic (exact) mass is 371 g/mol. The van der Waals surface area contributed by atoms with Gasteiger partial charge in [0, 0.05) is 11.6 Å². The van der Waals surface area contributed by atoms with Crippen LogP contribution in [0.1, 0.15) is 68.6 Å². The highest BCUT2D eigenvalue weighted by molar-refractivity contribution is 5.94. The number of carbonyl (C=O) groups is 1. The van der Waals surface area contributed by atoms with Crippen LogP contribution in [0.4, 0.5) is 0 Å². The topological polar surface area (TPSA) is 58.6 Å². The fourth-order valence-corrected chi connectivity index (χ4v) is 4.45. The first kappa shape index (κ1) is 19.9. The summed E-state index contributed by atoms with van der Waals surface area (Å²) in [6, 6.07) is 7.42. The van der Waals surface area contributed by atoms with Gasteiger partial charge >= 0.3 is 0 Å². The Bertz CT molecular complexity index is 619. The molecule has 0 spiro atoms. The van der Waals surface area contributed by atoms with Gasteiger partial charge in [0.1, 0.15) is 5.75 Å². The van der Waals surface area contributed by atoms with E-state index in [-0.39, 0.29) is 24.2 Å². The van der Waals surface area contributed by atoms with E-state index in [1.807, 2.05) is 30.3 Å². The van der Waals surface area contributed by atoms with E-state index in [9.17, 15) is 9.90 Å². The summed E-state index contributed by atoms with van der Waals surface area (Å²) in [7, 11) is 0. The molecule has 27 heavy (non-hydrogen) atoms. The van der Waals surface area contributed by atoms with E-state index in [0.29, 0.717) is 11.5 Å². The molecule has 3 atom stereocenters. The van der Waals surface area contributed by atoms with E-state index in [2.05, 4.69) is 18.8 Å². The van der Waals surface area contributed by atoms with E-state index >= 15 is 0 Å². The van der Waals surface area contributed by atoms with Gasteiger partial charge in [0.2, 0.25) is 0 Å². The zero-order valence-corrected chi connectivity index (χ0v) is 16.4. The number of aliphatic hydroxyl groups is 1. The molecular weight excluding hydrogens is 338 g/mol. The largest absolute Gasteiger partial charge is 0.490 e. The summed E-state index contributed by atoms with van der Waals surface area (Å²) in [5, 5.41) is 12.7. The van der Waals surface area contributed by atoms with Gasteiger partial charge in [0.25, 0.3) is 5.91 Å². The minimum atomic E-state index is -0.179. The van der Waals surface area contributed by atoms with Crippen LogP contribution in [0.5, 0.6) is 5.75 Å². The lowest BCUT2D eigenvalue weighted by atomic mass is 9.95. The number of nitrogens with one attached hydrogen (secondary N) is 1. The van der Waals surface area contributed by atoms with Crippen molar-refractivity contribution < 1.29 is 14.6 Å². The van der Waals surface area contributed by atoms with E-state index in [4.69, 9.17) is 4.74 Å². The molecule has 0 aromatic heterocycles. The van der Waals surface area contributed by atoms with Crippen LogP contribution in [0.3, 0.4) is 0 Å². The van der Waals surface area contributed by atoms with Gasteiger partial charge in [0.05, 0.1) is 12.2 Å². The Kier molecular flexibility index (Phi) is 6.95. The summed E-state index contributed by atoms with van der Waals surface area (Å²) in [6.45, 7) is 6.18.